The Bertz CT molecular complexity index is 303. The van der Waals surface area contributed by atoms with Gasteiger partial charge in [-0.3, -0.25) is 0 Å². The Morgan fingerprint density at radius 1 is 1.25 bits per heavy atom. The van der Waals surface area contributed by atoms with Crippen LogP contribution in [0.4, 0.5) is 0 Å². The van der Waals surface area contributed by atoms with Crippen LogP contribution in [0, 0.1) is 11.3 Å². The highest BCUT2D eigenvalue weighted by molar-refractivity contribution is 7.91. The molecular weight excluding hydrogens is 222 g/mol. The van der Waals surface area contributed by atoms with Crippen LogP contribution in [0.5, 0.6) is 0 Å². The molecule has 16 heavy (non-hydrogen) atoms. The Kier molecular flexibility index (Phi) is 4.80. The van der Waals surface area contributed by atoms with E-state index in [4.69, 9.17) is 5.73 Å². The summed E-state index contributed by atoms with van der Waals surface area (Å²) in [6, 6.07) is 0. The Morgan fingerprint density at radius 2 is 1.81 bits per heavy atom. The Hall–Kier alpha value is -0.0900. The van der Waals surface area contributed by atoms with Gasteiger partial charge in [0.05, 0.1) is 11.5 Å². The molecule has 2 N–H and O–H groups in total. The van der Waals surface area contributed by atoms with Crippen LogP contribution in [0.2, 0.25) is 0 Å². The molecule has 0 radical (unpaired) electrons. The summed E-state index contributed by atoms with van der Waals surface area (Å²) in [5.41, 5.74) is 5.55. The van der Waals surface area contributed by atoms with Crippen LogP contribution < -0.4 is 5.73 Å². The van der Waals surface area contributed by atoms with E-state index in [0.717, 1.165) is 12.8 Å². The summed E-state index contributed by atoms with van der Waals surface area (Å²) in [5.74, 6) is 1.12. The molecule has 0 aromatic carbocycles. The molecule has 96 valence electrons. The third-order valence-corrected chi connectivity index (χ3v) is 5.41. The van der Waals surface area contributed by atoms with Crippen LogP contribution in [-0.4, -0.2) is 26.5 Å². The summed E-state index contributed by atoms with van der Waals surface area (Å²) < 4.78 is 23.8. The van der Waals surface area contributed by atoms with E-state index in [1.165, 1.54) is 12.8 Å². The summed E-state index contributed by atoms with van der Waals surface area (Å²) in [4.78, 5) is 0. The number of hydrogen-bond donors (Lipinski definition) is 1. The van der Waals surface area contributed by atoms with Crippen molar-refractivity contribution in [2.45, 2.75) is 46.0 Å². The third-order valence-electron chi connectivity index (χ3n) is 3.61. The van der Waals surface area contributed by atoms with Crippen LogP contribution >= 0.6 is 0 Å². The molecule has 0 unspecified atom stereocenters. The van der Waals surface area contributed by atoms with Gasteiger partial charge in [-0.15, -0.1) is 0 Å². The standard InChI is InChI=1S/C12H25NO2S/c1-12(2,10-13)7-8-16(14,15)9-11-5-3-4-6-11/h11H,3-10,13H2,1-2H3. The van der Waals surface area contributed by atoms with E-state index in [-0.39, 0.29) is 5.41 Å². The van der Waals surface area contributed by atoms with Gasteiger partial charge in [-0.2, -0.15) is 0 Å². The Balaban J connectivity index is 2.39. The van der Waals surface area contributed by atoms with Gasteiger partial charge < -0.3 is 5.73 Å². The van der Waals surface area contributed by atoms with E-state index < -0.39 is 9.84 Å². The van der Waals surface area contributed by atoms with E-state index in [1.54, 1.807) is 0 Å². The number of rotatable bonds is 6. The van der Waals surface area contributed by atoms with Crippen molar-refractivity contribution in [3.63, 3.8) is 0 Å². The van der Waals surface area contributed by atoms with E-state index in [9.17, 15) is 8.42 Å². The van der Waals surface area contributed by atoms with Crippen LogP contribution in [-0.2, 0) is 9.84 Å². The van der Waals surface area contributed by atoms with Gasteiger partial charge in [0.2, 0.25) is 0 Å². The predicted molar refractivity (Wildman–Crippen MR) is 68.1 cm³/mol. The first kappa shape index (κ1) is 14.0. The third kappa shape index (κ3) is 4.83. The van der Waals surface area contributed by atoms with E-state index in [2.05, 4.69) is 0 Å². The van der Waals surface area contributed by atoms with Gasteiger partial charge in [-0.1, -0.05) is 26.7 Å². The highest BCUT2D eigenvalue weighted by Crippen LogP contribution is 2.27. The molecule has 0 spiro atoms. The first-order valence-corrected chi connectivity index (χ1v) is 8.07. The zero-order valence-corrected chi connectivity index (χ0v) is 11.4. The topological polar surface area (TPSA) is 60.2 Å². The quantitative estimate of drug-likeness (QED) is 0.780. The molecule has 0 aromatic heterocycles. The lowest BCUT2D eigenvalue weighted by atomic mass is 9.91. The molecule has 0 amide bonds. The number of nitrogens with two attached hydrogens (primary N) is 1. The van der Waals surface area contributed by atoms with Crippen molar-refractivity contribution in [3.05, 3.63) is 0 Å². The summed E-state index contributed by atoms with van der Waals surface area (Å²) in [5, 5.41) is 0. The Morgan fingerprint density at radius 3 is 2.31 bits per heavy atom. The molecule has 3 nitrogen and oxygen atoms in total. The monoisotopic (exact) mass is 247 g/mol. The molecule has 1 aliphatic carbocycles. The molecule has 0 heterocycles. The first-order chi connectivity index (χ1) is 7.35. The van der Waals surface area contributed by atoms with Crippen molar-refractivity contribution in [1.82, 2.24) is 0 Å². The van der Waals surface area contributed by atoms with E-state index in [1.807, 2.05) is 13.8 Å². The molecule has 1 fully saturated rings. The lowest BCUT2D eigenvalue weighted by Gasteiger charge is -2.22. The molecular formula is C12H25NO2S. The molecule has 1 saturated carbocycles. The van der Waals surface area contributed by atoms with E-state index in [0.29, 0.717) is 30.4 Å². The van der Waals surface area contributed by atoms with Crippen molar-refractivity contribution in [3.8, 4) is 0 Å². The predicted octanol–water partition coefficient (Wildman–Crippen LogP) is 1.97. The average Bonchev–Trinajstić information content (AvgIpc) is 2.67. The highest BCUT2D eigenvalue weighted by Gasteiger charge is 2.25. The summed E-state index contributed by atoms with van der Waals surface area (Å²) in [7, 11) is -2.86. The fourth-order valence-electron chi connectivity index (χ4n) is 2.15. The summed E-state index contributed by atoms with van der Waals surface area (Å²) in [6.45, 7) is 4.60. The molecule has 0 atom stereocenters. The van der Waals surface area contributed by atoms with Crippen molar-refractivity contribution >= 4 is 9.84 Å². The summed E-state index contributed by atoms with van der Waals surface area (Å²) >= 11 is 0. The molecule has 0 saturated heterocycles. The first-order valence-electron chi connectivity index (χ1n) is 6.25. The van der Waals surface area contributed by atoms with Gasteiger partial charge >= 0.3 is 0 Å². The van der Waals surface area contributed by atoms with Gasteiger partial charge in [0.15, 0.2) is 9.84 Å². The van der Waals surface area contributed by atoms with Gasteiger partial charge in [-0.05, 0) is 37.1 Å². The van der Waals surface area contributed by atoms with Crippen molar-refractivity contribution < 1.29 is 8.42 Å². The second kappa shape index (κ2) is 5.50. The average molecular weight is 247 g/mol. The SMILES string of the molecule is CC(C)(CN)CCS(=O)(=O)CC1CCCC1. The molecule has 4 heteroatoms. The molecule has 0 aromatic rings. The normalized spacial score (nSPS) is 19.2. The largest absolute Gasteiger partial charge is 0.330 e. The van der Waals surface area contributed by atoms with Gasteiger partial charge in [0.1, 0.15) is 0 Å². The minimum atomic E-state index is -2.86. The fourth-order valence-corrected chi connectivity index (χ4v) is 4.24. The smallest absolute Gasteiger partial charge is 0.150 e. The van der Waals surface area contributed by atoms with Crippen LogP contribution in [0.15, 0.2) is 0 Å². The van der Waals surface area contributed by atoms with Crippen molar-refractivity contribution in [2.75, 3.05) is 18.1 Å². The molecule has 1 rings (SSSR count). The second-order valence-electron chi connectivity index (χ2n) is 5.88. The minimum Gasteiger partial charge on any atom is -0.330 e. The van der Waals surface area contributed by atoms with Crippen molar-refractivity contribution in [1.29, 1.82) is 0 Å². The molecule has 0 aliphatic heterocycles. The maximum absolute atomic E-state index is 11.9. The van der Waals surface area contributed by atoms with Crippen LogP contribution in [0.1, 0.15) is 46.0 Å². The van der Waals surface area contributed by atoms with Gasteiger partial charge in [0.25, 0.3) is 0 Å². The van der Waals surface area contributed by atoms with E-state index >= 15 is 0 Å². The maximum Gasteiger partial charge on any atom is 0.150 e. The highest BCUT2D eigenvalue weighted by atomic mass is 32.2. The van der Waals surface area contributed by atoms with Gasteiger partial charge in [-0.25, -0.2) is 8.42 Å². The lowest BCUT2D eigenvalue weighted by Crippen LogP contribution is -2.28. The molecule has 0 bridgehead atoms. The number of sulfone groups is 1. The summed E-state index contributed by atoms with van der Waals surface area (Å²) in [6.07, 6.45) is 5.28. The van der Waals surface area contributed by atoms with Crippen LogP contribution in [0.25, 0.3) is 0 Å². The zero-order valence-electron chi connectivity index (χ0n) is 10.5. The zero-order chi connectivity index (χ0) is 12.2. The Labute approximate surface area is 99.7 Å². The number of hydrogen-bond acceptors (Lipinski definition) is 3. The van der Waals surface area contributed by atoms with Crippen molar-refractivity contribution in [2.24, 2.45) is 17.1 Å². The minimum absolute atomic E-state index is 0.0528. The lowest BCUT2D eigenvalue weighted by molar-refractivity contribution is 0.364. The van der Waals surface area contributed by atoms with Gasteiger partial charge in [0, 0.05) is 0 Å². The fraction of sp³-hybridized carbons (Fsp3) is 1.00. The molecule has 1 aliphatic rings. The second-order valence-corrected chi connectivity index (χ2v) is 8.11. The maximum atomic E-state index is 11.9. The van der Waals surface area contributed by atoms with Crippen LogP contribution in [0.3, 0.4) is 0 Å².